The molecule has 2 N–H and O–H groups in total. The first kappa shape index (κ1) is 22.9. The number of carbonyl (C=O) groups is 1. The summed E-state index contributed by atoms with van der Waals surface area (Å²) in [5.41, 5.74) is 4.13. The minimum Gasteiger partial charge on any atom is -0.459 e. The van der Waals surface area contributed by atoms with Crippen molar-refractivity contribution in [2.45, 2.75) is 24.2 Å². The van der Waals surface area contributed by atoms with Crippen LogP contribution in [0.5, 0.6) is 5.88 Å². The number of hydrogen-bond acceptors (Lipinski definition) is 8. The highest BCUT2D eigenvalue weighted by atomic mass is 19.1. The molecule has 3 heterocycles. The average molecular weight is 468 g/mol. The Kier molecular flexibility index (Phi) is 6.45. The maximum atomic E-state index is 14.9. The predicted molar refractivity (Wildman–Crippen MR) is 106 cm³/mol. The van der Waals surface area contributed by atoms with Crippen LogP contribution in [0.1, 0.15) is 21.6 Å². The molecule has 0 radical (unpaired) electrons. The molecule has 33 heavy (non-hydrogen) atoms. The number of amidine groups is 1. The van der Waals surface area contributed by atoms with Crippen LogP contribution in [-0.2, 0) is 21.4 Å². The standard InChI is InChI=1S/C21H20F4N4O4/c22-5-17-19-13(8-31-17)21(9-23,29-20(26)33-19)12-3-11(1-2-14(12)25)4-16(30)15-6-28-18(7-27-15)32-10-24/h1-3,6-7,13,17,19H,4-5,8-10H2,(H2,26,29)/t13-,17-,19-,21+/m0/s1. The van der Waals surface area contributed by atoms with Crippen molar-refractivity contribution in [2.24, 2.45) is 16.6 Å². The van der Waals surface area contributed by atoms with Gasteiger partial charge in [0.15, 0.2) is 5.78 Å². The molecule has 0 aliphatic carbocycles. The molecular formula is C21H20F4N4O4. The van der Waals surface area contributed by atoms with E-state index < -0.39 is 61.5 Å². The van der Waals surface area contributed by atoms with E-state index in [1.165, 1.54) is 12.1 Å². The van der Waals surface area contributed by atoms with Crippen LogP contribution < -0.4 is 10.5 Å². The number of fused-ring (bicyclic) bond motifs is 1. The van der Waals surface area contributed by atoms with Crippen LogP contribution >= 0.6 is 0 Å². The molecular weight excluding hydrogens is 448 g/mol. The molecule has 0 spiro atoms. The molecule has 0 amide bonds. The lowest BCUT2D eigenvalue weighted by molar-refractivity contribution is 0.0133. The highest BCUT2D eigenvalue weighted by Gasteiger charge is 2.56. The van der Waals surface area contributed by atoms with Crippen LogP contribution in [0.4, 0.5) is 17.6 Å². The van der Waals surface area contributed by atoms with E-state index >= 15 is 0 Å². The summed E-state index contributed by atoms with van der Waals surface area (Å²) in [5.74, 6) is -2.14. The van der Waals surface area contributed by atoms with Crippen molar-refractivity contribution in [3.05, 3.63) is 53.2 Å². The summed E-state index contributed by atoms with van der Waals surface area (Å²) in [4.78, 5) is 24.3. The number of ketones is 1. The van der Waals surface area contributed by atoms with Gasteiger partial charge in [-0.1, -0.05) is 6.07 Å². The maximum Gasteiger partial charge on any atom is 0.283 e. The Labute approximate surface area is 185 Å². The zero-order valence-corrected chi connectivity index (χ0v) is 17.2. The fourth-order valence-corrected chi connectivity index (χ4v) is 4.16. The molecule has 2 aliphatic rings. The number of carbonyl (C=O) groups excluding carboxylic acids is 1. The summed E-state index contributed by atoms with van der Waals surface area (Å²) < 4.78 is 70.3. The Morgan fingerprint density at radius 3 is 2.73 bits per heavy atom. The van der Waals surface area contributed by atoms with Crippen molar-refractivity contribution in [1.82, 2.24) is 9.97 Å². The first-order valence-electron chi connectivity index (χ1n) is 10.00. The zero-order chi connectivity index (χ0) is 23.6. The molecule has 1 saturated heterocycles. The van der Waals surface area contributed by atoms with Crippen molar-refractivity contribution in [3.63, 3.8) is 0 Å². The Bertz CT molecular complexity index is 1060. The van der Waals surface area contributed by atoms with E-state index in [0.717, 1.165) is 18.5 Å². The lowest BCUT2D eigenvalue weighted by Crippen LogP contribution is -2.52. The van der Waals surface area contributed by atoms with E-state index in [2.05, 4.69) is 19.7 Å². The first-order valence-corrected chi connectivity index (χ1v) is 10.00. The average Bonchev–Trinajstić information content (AvgIpc) is 3.23. The van der Waals surface area contributed by atoms with Gasteiger partial charge in [0, 0.05) is 12.0 Å². The zero-order valence-electron chi connectivity index (χ0n) is 17.2. The third-order valence-corrected chi connectivity index (χ3v) is 5.77. The number of nitrogens with two attached hydrogens (primary N) is 1. The number of alkyl halides is 3. The first-order chi connectivity index (χ1) is 15.9. The second-order valence-electron chi connectivity index (χ2n) is 7.63. The summed E-state index contributed by atoms with van der Waals surface area (Å²) in [6.45, 7) is -3.22. The van der Waals surface area contributed by atoms with Crippen LogP contribution in [-0.4, -0.2) is 60.8 Å². The highest BCUT2D eigenvalue weighted by Crippen LogP contribution is 2.46. The van der Waals surface area contributed by atoms with Gasteiger partial charge < -0.3 is 19.9 Å². The Hall–Kier alpha value is -3.28. The molecule has 1 fully saturated rings. The molecule has 2 aliphatic heterocycles. The van der Waals surface area contributed by atoms with Gasteiger partial charge in [-0.05, 0) is 17.7 Å². The smallest absolute Gasteiger partial charge is 0.283 e. The third-order valence-electron chi connectivity index (χ3n) is 5.77. The van der Waals surface area contributed by atoms with Crippen LogP contribution in [0.25, 0.3) is 0 Å². The molecule has 0 unspecified atom stereocenters. The van der Waals surface area contributed by atoms with Gasteiger partial charge in [-0.15, -0.1) is 0 Å². The van der Waals surface area contributed by atoms with E-state index in [0.29, 0.717) is 5.56 Å². The van der Waals surface area contributed by atoms with Crippen LogP contribution in [0.15, 0.2) is 35.6 Å². The molecule has 2 aromatic rings. The predicted octanol–water partition coefficient (Wildman–Crippen LogP) is 2.21. The second-order valence-corrected chi connectivity index (χ2v) is 7.63. The quantitative estimate of drug-likeness (QED) is 0.467. The van der Waals surface area contributed by atoms with Crippen molar-refractivity contribution in [3.8, 4) is 5.88 Å². The number of aliphatic imine (C=N–C) groups is 1. The number of benzene rings is 1. The maximum absolute atomic E-state index is 14.9. The van der Waals surface area contributed by atoms with E-state index in [1.807, 2.05) is 0 Å². The van der Waals surface area contributed by atoms with Gasteiger partial charge in [-0.2, -0.15) is 0 Å². The molecule has 4 atom stereocenters. The van der Waals surface area contributed by atoms with Gasteiger partial charge in [0.25, 0.3) is 6.02 Å². The van der Waals surface area contributed by atoms with Crippen LogP contribution in [0.3, 0.4) is 0 Å². The Morgan fingerprint density at radius 2 is 2.06 bits per heavy atom. The summed E-state index contributed by atoms with van der Waals surface area (Å²) in [6.07, 6.45) is 0.101. The van der Waals surface area contributed by atoms with Crippen molar-refractivity contribution in [1.29, 1.82) is 0 Å². The molecule has 0 saturated carbocycles. The topological polar surface area (TPSA) is 109 Å². The van der Waals surface area contributed by atoms with Gasteiger partial charge in [-0.3, -0.25) is 4.79 Å². The van der Waals surface area contributed by atoms with E-state index in [4.69, 9.17) is 15.2 Å². The SMILES string of the molecule is NC1=N[C@](CF)(c2cc(CC(=O)c3cnc(OCF)cn3)ccc2F)[C@H]2CO[C@@H](CF)[C@H]2O1. The fourth-order valence-electron chi connectivity index (χ4n) is 4.16. The molecule has 176 valence electrons. The monoisotopic (exact) mass is 468 g/mol. The van der Waals surface area contributed by atoms with E-state index in [9.17, 15) is 22.4 Å². The normalized spacial score (nSPS) is 26.3. The molecule has 12 heteroatoms. The number of nitrogens with zero attached hydrogens (tertiary/aromatic N) is 3. The molecule has 4 rings (SSSR count). The van der Waals surface area contributed by atoms with Crippen molar-refractivity contribution in [2.75, 3.05) is 26.8 Å². The number of Topliss-reactive ketones (excluding diaryl/α,β-unsaturated/α-hetero) is 1. The third kappa shape index (κ3) is 4.22. The lowest BCUT2D eigenvalue weighted by Gasteiger charge is -2.40. The van der Waals surface area contributed by atoms with Gasteiger partial charge >= 0.3 is 0 Å². The summed E-state index contributed by atoms with van der Waals surface area (Å²) in [7, 11) is 0. The van der Waals surface area contributed by atoms with E-state index in [1.54, 1.807) is 0 Å². The minimum absolute atomic E-state index is 0.0179. The van der Waals surface area contributed by atoms with Crippen LogP contribution in [0.2, 0.25) is 0 Å². The lowest BCUT2D eigenvalue weighted by atomic mass is 9.75. The molecule has 1 aromatic heterocycles. The Balaban J connectivity index is 1.65. The van der Waals surface area contributed by atoms with Gasteiger partial charge in [0.1, 0.15) is 42.6 Å². The number of aromatic nitrogens is 2. The van der Waals surface area contributed by atoms with E-state index in [-0.39, 0.29) is 30.2 Å². The summed E-state index contributed by atoms with van der Waals surface area (Å²) in [5, 5.41) is 0. The largest absolute Gasteiger partial charge is 0.459 e. The van der Waals surface area contributed by atoms with Crippen LogP contribution in [0, 0.1) is 11.7 Å². The highest BCUT2D eigenvalue weighted by molar-refractivity contribution is 5.95. The number of rotatable bonds is 8. The minimum atomic E-state index is -1.80. The summed E-state index contributed by atoms with van der Waals surface area (Å²) in [6, 6.07) is 3.39. The van der Waals surface area contributed by atoms with Gasteiger partial charge in [0.05, 0.1) is 24.9 Å². The van der Waals surface area contributed by atoms with Crippen molar-refractivity contribution >= 4 is 11.8 Å². The van der Waals surface area contributed by atoms with Gasteiger partial charge in [0.2, 0.25) is 12.7 Å². The molecule has 8 nitrogen and oxygen atoms in total. The summed E-state index contributed by atoms with van der Waals surface area (Å²) >= 11 is 0. The fraction of sp³-hybridized carbons (Fsp3) is 0.429. The Morgan fingerprint density at radius 1 is 1.24 bits per heavy atom. The second kappa shape index (κ2) is 9.30. The van der Waals surface area contributed by atoms with Gasteiger partial charge in [-0.25, -0.2) is 32.5 Å². The number of halogens is 4. The number of hydrogen-bond donors (Lipinski definition) is 1. The number of ether oxygens (including phenoxy) is 3. The molecule has 0 bridgehead atoms. The van der Waals surface area contributed by atoms with Crippen molar-refractivity contribution < 1.29 is 36.6 Å². The molecule has 1 aromatic carbocycles.